The van der Waals surface area contributed by atoms with E-state index in [9.17, 15) is 0 Å². The monoisotopic (exact) mass is 677 g/mol. The Balaban J connectivity index is 1.84. The third-order valence-electron chi connectivity index (χ3n) is 10.8. The summed E-state index contributed by atoms with van der Waals surface area (Å²) in [4.78, 5) is 6.02. The Kier molecular flexibility index (Phi) is 9.34. The molecule has 3 aromatic rings. The predicted octanol–water partition coefficient (Wildman–Crippen LogP) is 12.6. The molecule has 1 saturated heterocycles. The molecular weight excluding hydrogens is 618 g/mol. The van der Waals surface area contributed by atoms with E-state index in [1.165, 1.54) is 58.2 Å². The van der Waals surface area contributed by atoms with Gasteiger partial charge in [-0.25, -0.2) is 0 Å². The maximum atomic E-state index is 6.02. The van der Waals surface area contributed by atoms with Gasteiger partial charge in [0.1, 0.15) is 0 Å². The number of fused-ring (bicyclic) bond motifs is 2. The van der Waals surface area contributed by atoms with Gasteiger partial charge >= 0.3 is 0 Å². The molecule has 1 heterocycles. The van der Waals surface area contributed by atoms with Gasteiger partial charge in [-0.3, -0.25) is 13.7 Å². The van der Waals surface area contributed by atoms with Crippen LogP contribution in [0.3, 0.4) is 0 Å². The second-order valence-corrected chi connectivity index (χ2v) is 25.2. The molecule has 2 aliphatic carbocycles. The fourth-order valence-electron chi connectivity index (χ4n) is 9.81. The smallest absolute Gasteiger partial charge is 0.210 e. The molecule has 2 bridgehead atoms. The molecular formula is C43H60N3PSi. The van der Waals surface area contributed by atoms with Crippen molar-refractivity contribution in [2.45, 2.75) is 125 Å². The van der Waals surface area contributed by atoms with E-state index in [4.69, 9.17) is 4.99 Å². The topological polar surface area (TPSA) is 18.8 Å². The second-order valence-electron chi connectivity index (χ2n) is 17.6. The van der Waals surface area contributed by atoms with Crippen molar-refractivity contribution < 1.29 is 0 Å². The van der Waals surface area contributed by atoms with Crippen LogP contribution in [-0.4, -0.2) is 39.2 Å². The SMILES string of the molecule is CC(C)c1cccc(C(C)C)c1N=C1C(=P2(/C(=C/c3ccccc3)c3ccccc3)N(C(C)(C)C)[Si](C)(C)N2C(C)(C)C)C2CCC1C2. The first-order valence-corrected chi connectivity index (χ1v) is 23.0. The number of rotatable bonds is 6. The summed E-state index contributed by atoms with van der Waals surface area (Å²) < 4.78 is 6.23. The summed E-state index contributed by atoms with van der Waals surface area (Å²) in [6.07, 6.45) is 6.34. The zero-order valence-electron chi connectivity index (χ0n) is 31.8. The molecule has 0 spiro atoms. The first kappa shape index (κ1) is 35.3. The van der Waals surface area contributed by atoms with E-state index in [0.717, 1.165) is 0 Å². The number of hydrogen-bond acceptors (Lipinski definition) is 3. The molecule has 0 radical (unpaired) electrons. The molecule has 3 fully saturated rings. The highest BCUT2D eigenvalue weighted by Crippen LogP contribution is 2.82. The molecule has 3 nitrogen and oxygen atoms in total. The van der Waals surface area contributed by atoms with Crippen LogP contribution in [0, 0.1) is 11.8 Å². The van der Waals surface area contributed by atoms with Crippen molar-refractivity contribution in [1.29, 1.82) is 0 Å². The predicted molar refractivity (Wildman–Crippen MR) is 216 cm³/mol. The summed E-state index contributed by atoms with van der Waals surface area (Å²) >= 11 is 0. The normalized spacial score (nSPS) is 23.8. The number of para-hydroxylation sites is 1. The van der Waals surface area contributed by atoms with Gasteiger partial charge in [-0.2, -0.15) is 0 Å². The summed E-state index contributed by atoms with van der Waals surface area (Å²) in [5.74, 6) is 1.90. The van der Waals surface area contributed by atoms with E-state index < -0.39 is 15.6 Å². The molecule has 1 aliphatic heterocycles. The minimum atomic E-state index is -2.34. The largest absolute Gasteiger partial charge is 0.271 e. The van der Waals surface area contributed by atoms with Crippen molar-refractivity contribution in [1.82, 2.24) is 8.67 Å². The van der Waals surface area contributed by atoms with Gasteiger partial charge in [0.15, 0.2) is 0 Å². The van der Waals surface area contributed by atoms with Crippen molar-refractivity contribution in [2.24, 2.45) is 16.8 Å². The molecule has 0 amide bonds. The Morgan fingerprint density at radius 1 is 0.729 bits per heavy atom. The Morgan fingerprint density at radius 3 is 1.73 bits per heavy atom. The molecule has 3 aromatic carbocycles. The lowest BCUT2D eigenvalue weighted by atomic mass is 9.92. The third-order valence-corrected chi connectivity index (χ3v) is 23.5. The van der Waals surface area contributed by atoms with Gasteiger partial charge in [-0.05, 0) is 120 Å². The van der Waals surface area contributed by atoms with Crippen LogP contribution in [0.4, 0.5) is 5.69 Å². The number of nitrogens with zero attached hydrogens (tertiary/aromatic N) is 3. The van der Waals surface area contributed by atoms with E-state index >= 15 is 0 Å². The minimum absolute atomic E-state index is 0.0192. The lowest BCUT2D eigenvalue weighted by molar-refractivity contribution is 0.241. The fraction of sp³-hybridized carbons (Fsp3) is 0.488. The first-order chi connectivity index (χ1) is 22.5. The van der Waals surface area contributed by atoms with E-state index in [-0.39, 0.29) is 11.1 Å². The molecule has 0 N–H and O–H groups in total. The molecule has 2 atom stereocenters. The fourth-order valence-corrected chi connectivity index (χ4v) is 25.9. The van der Waals surface area contributed by atoms with Crippen LogP contribution in [0.2, 0.25) is 13.1 Å². The Bertz CT molecular complexity index is 1720. The van der Waals surface area contributed by atoms with Gasteiger partial charge in [0, 0.05) is 34.8 Å². The highest BCUT2D eigenvalue weighted by molar-refractivity contribution is 7.88. The second kappa shape index (κ2) is 12.7. The lowest BCUT2D eigenvalue weighted by Gasteiger charge is -2.75. The van der Waals surface area contributed by atoms with Crippen LogP contribution in [0.25, 0.3) is 11.4 Å². The molecule has 0 aromatic heterocycles. The van der Waals surface area contributed by atoms with Crippen LogP contribution in [-0.2, 0) is 0 Å². The average Bonchev–Trinajstić information content (AvgIpc) is 3.60. The van der Waals surface area contributed by atoms with Gasteiger partial charge in [-0.1, -0.05) is 107 Å². The number of aliphatic imine (C=N–C) groups is 1. The van der Waals surface area contributed by atoms with Crippen molar-refractivity contribution in [3.63, 3.8) is 0 Å². The van der Waals surface area contributed by atoms with Gasteiger partial charge < -0.3 is 0 Å². The molecule has 48 heavy (non-hydrogen) atoms. The summed E-state index contributed by atoms with van der Waals surface area (Å²) in [6.45, 7) is 29.5. The quantitative estimate of drug-likeness (QED) is 0.147. The summed E-state index contributed by atoms with van der Waals surface area (Å²) in [5.41, 5.74) is 8.03. The van der Waals surface area contributed by atoms with Crippen molar-refractivity contribution in [3.05, 3.63) is 101 Å². The number of hydrogen-bond donors (Lipinski definition) is 0. The van der Waals surface area contributed by atoms with Crippen LogP contribution in [0.1, 0.15) is 123 Å². The lowest BCUT2D eigenvalue weighted by Crippen LogP contribution is -2.79. The summed E-state index contributed by atoms with van der Waals surface area (Å²) in [7, 11) is -4.44. The van der Waals surface area contributed by atoms with Crippen LogP contribution in [0.5, 0.6) is 0 Å². The minimum Gasteiger partial charge on any atom is -0.271 e. The maximum absolute atomic E-state index is 6.02. The van der Waals surface area contributed by atoms with E-state index in [2.05, 4.69) is 176 Å². The highest BCUT2D eigenvalue weighted by Gasteiger charge is 2.69. The van der Waals surface area contributed by atoms with Gasteiger partial charge in [0.05, 0.1) is 11.4 Å². The Labute approximate surface area is 293 Å². The van der Waals surface area contributed by atoms with E-state index in [1.54, 1.807) is 5.29 Å². The zero-order chi connectivity index (χ0) is 34.8. The average molecular weight is 678 g/mol. The molecule has 256 valence electrons. The van der Waals surface area contributed by atoms with Crippen molar-refractivity contribution in [2.75, 3.05) is 0 Å². The molecule has 5 heteroatoms. The van der Waals surface area contributed by atoms with Gasteiger partial charge in [0.2, 0.25) is 8.40 Å². The van der Waals surface area contributed by atoms with E-state index in [0.29, 0.717) is 23.7 Å². The molecule has 6 rings (SSSR count). The van der Waals surface area contributed by atoms with Crippen molar-refractivity contribution >= 4 is 43.7 Å². The van der Waals surface area contributed by atoms with Gasteiger partial charge in [0.25, 0.3) is 0 Å². The maximum Gasteiger partial charge on any atom is 0.210 e. The standard InChI is InChI=1S/C43H60N3PSi/c1-30(2)36-24-19-25-37(31(3)4)40(36)44-39-34-26-27-35(29-34)41(39)47(45(42(5,6)7)48(11,12)46(47)43(8,9)10)38(33-22-17-14-18-23-33)28-32-20-15-13-16-21-32/h13-25,28,30-31,34-35H,26-27,29H2,1-12H3/b38-28+,44-39?. The third kappa shape index (κ3) is 5.79. The van der Waals surface area contributed by atoms with Crippen LogP contribution < -0.4 is 0 Å². The molecule has 3 aliphatic rings. The zero-order valence-corrected chi connectivity index (χ0v) is 33.7. The van der Waals surface area contributed by atoms with Crippen LogP contribution >= 0.6 is 7.19 Å². The summed E-state index contributed by atoms with van der Waals surface area (Å²) in [6, 6.07) is 29.4. The highest BCUT2D eigenvalue weighted by atomic mass is 31.2. The first-order valence-electron chi connectivity index (χ1n) is 18.4. The summed E-state index contributed by atoms with van der Waals surface area (Å²) in [5, 5.41) is 3.19. The Hall–Kier alpha value is -2.49. The Morgan fingerprint density at radius 2 is 1.23 bits per heavy atom. The number of benzene rings is 3. The van der Waals surface area contributed by atoms with E-state index in [1.807, 2.05) is 0 Å². The molecule has 2 saturated carbocycles. The van der Waals surface area contributed by atoms with Crippen molar-refractivity contribution in [3.8, 4) is 0 Å². The van der Waals surface area contributed by atoms with Gasteiger partial charge in [-0.15, -0.1) is 0 Å². The molecule has 2 unspecified atom stereocenters. The van der Waals surface area contributed by atoms with Crippen LogP contribution in [0.15, 0.2) is 83.9 Å².